The SMILES string of the molecule is Nc1c(C(O)NCC2CC2)sc2nnc3c(c12)CCCC3. The molecule has 4 rings (SSSR count). The lowest BCUT2D eigenvalue weighted by atomic mass is 9.94. The highest BCUT2D eigenvalue weighted by molar-refractivity contribution is 7.19. The molecular weight excluding hydrogens is 284 g/mol. The van der Waals surface area contributed by atoms with Crippen molar-refractivity contribution in [2.75, 3.05) is 12.3 Å². The van der Waals surface area contributed by atoms with Crippen molar-refractivity contribution < 1.29 is 5.11 Å². The van der Waals surface area contributed by atoms with Gasteiger partial charge < -0.3 is 10.8 Å². The van der Waals surface area contributed by atoms with Crippen molar-refractivity contribution in [2.24, 2.45) is 5.92 Å². The Morgan fingerprint density at radius 1 is 1.29 bits per heavy atom. The van der Waals surface area contributed by atoms with E-state index in [0.29, 0.717) is 5.69 Å². The van der Waals surface area contributed by atoms with E-state index in [1.807, 2.05) is 0 Å². The number of aliphatic hydroxyl groups excluding tert-OH is 1. The van der Waals surface area contributed by atoms with E-state index < -0.39 is 6.23 Å². The number of aliphatic hydroxyl groups is 1. The van der Waals surface area contributed by atoms with E-state index >= 15 is 0 Å². The molecule has 21 heavy (non-hydrogen) atoms. The van der Waals surface area contributed by atoms with Crippen molar-refractivity contribution in [1.29, 1.82) is 0 Å². The van der Waals surface area contributed by atoms with E-state index in [0.717, 1.165) is 46.1 Å². The maximum Gasteiger partial charge on any atom is 0.148 e. The first-order chi connectivity index (χ1) is 10.2. The van der Waals surface area contributed by atoms with Crippen LogP contribution in [0.25, 0.3) is 10.2 Å². The van der Waals surface area contributed by atoms with E-state index in [9.17, 15) is 5.11 Å². The molecule has 0 amide bonds. The fraction of sp³-hybridized carbons (Fsp3) is 0.600. The quantitative estimate of drug-likeness (QED) is 0.754. The van der Waals surface area contributed by atoms with E-state index in [1.54, 1.807) is 0 Å². The summed E-state index contributed by atoms with van der Waals surface area (Å²) in [6, 6.07) is 0. The number of hydrogen-bond acceptors (Lipinski definition) is 6. The van der Waals surface area contributed by atoms with Gasteiger partial charge in [-0.3, -0.25) is 5.32 Å². The van der Waals surface area contributed by atoms with Gasteiger partial charge in [-0.1, -0.05) is 0 Å². The van der Waals surface area contributed by atoms with Crippen LogP contribution < -0.4 is 11.1 Å². The Labute approximate surface area is 127 Å². The maximum atomic E-state index is 10.4. The van der Waals surface area contributed by atoms with Gasteiger partial charge in [0.1, 0.15) is 11.1 Å². The minimum absolute atomic E-state index is 0.691. The zero-order chi connectivity index (χ0) is 14.4. The Kier molecular flexibility index (Phi) is 3.32. The second-order valence-electron chi connectivity index (χ2n) is 6.15. The van der Waals surface area contributed by atoms with E-state index in [-0.39, 0.29) is 0 Å². The Morgan fingerprint density at radius 2 is 2.10 bits per heavy atom. The topological polar surface area (TPSA) is 84.1 Å². The van der Waals surface area contributed by atoms with Crippen LogP contribution in [0.2, 0.25) is 0 Å². The van der Waals surface area contributed by atoms with Crippen molar-refractivity contribution in [3.63, 3.8) is 0 Å². The molecule has 1 saturated carbocycles. The monoisotopic (exact) mass is 304 g/mol. The van der Waals surface area contributed by atoms with Crippen molar-refractivity contribution in [3.8, 4) is 0 Å². The second kappa shape index (κ2) is 5.19. The van der Waals surface area contributed by atoms with Crippen LogP contribution in [-0.2, 0) is 12.8 Å². The van der Waals surface area contributed by atoms with Gasteiger partial charge in [0.05, 0.1) is 16.3 Å². The van der Waals surface area contributed by atoms with Crippen molar-refractivity contribution >= 4 is 27.2 Å². The van der Waals surface area contributed by atoms with Gasteiger partial charge in [-0.15, -0.1) is 16.4 Å². The number of aromatic nitrogens is 2. The summed E-state index contributed by atoms with van der Waals surface area (Å²) in [5.74, 6) is 0.725. The predicted molar refractivity (Wildman–Crippen MR) is 84.2 cm³/mol. The molecule has 0 spiro atoms. The number of rotatable bonds is 4. The van der Waals surface area contributed by atoms with Gasteiger partial charge >= 0.3 is 0 Å². The van der Waals surface area contributed by atoms with Crippen molar-refractivity contribution in [3.05, 3.63) is 16.1 Å². The minimum atomic E-state index is -0.691. The predicted octanol–water partition coefficient (Wildman–Crippen LogP) is 2.14. The Balaban J connectivity index is 1.71. The van der Waals surface area contributed by atoms with Gasteiger partial charge in [0.2, 0.25) is 0 Å². The molecule has 1 unspecified atom stereocenters. The molecule has 4 N–H and O–H groups in total. The smallest absolute Gasteiger partial charge is 0.148 e. The largest absolute Gasteiger partial charge is 0.397 e. The summed E-state index contributed by atoms with van der Waals surface area (Å²) in [4.78, 5) is 1.65. The summed E-state index contributed by atoms with van der Waals surface area (Å²) < 4.78 is 0. The lowest BCUT2D eigenvalue weighted by molar-refractivity contribution is 0.142. The van der Waals surface area contributed by atoms with Crippen LogP contribution in [0.5, 0.6) is 0 Å². The van der Waals surface area contributed by atoms with Crippen molar-refractivity contribution in [2.45, 2.75) is 44.8 Å². The van der Waals surface area contributed by atoms with Crippen LogP contribution in [0.15, 0.2) is 0 Å². The van der Waals surface area contributed by atoms with Gasteiger partial charge in [-0.05, 0) is 50.0 Å². The molecule has 1 fully saturated rings. The zero-order valence-electron chi connectivity index (χ0n) is 11.9. The molecule has 0 saturated heterocycles. The van der Waals surface area contributed by atoms with Crippen LogP contribution in [0.3, 0.4) is 0 Å². The number of anilines is 1. The highest BCUT2D eigenvalue weighted by Gasteiger charge is 2.26. The Morgan fingerprint density at radius 3 is 2.90 bits per heavy atom. The zero-order valence-corrected chi connectivity index (χ0v) is 12.7. The lowest BCUT2D eigenvalue weighted by Gasteiger charge is -2.15. The number of nitrogens with two attached hydrogens (primary N) is 1. The molecule has 0 radical (unpaired) electrons. The van der Waals surface area contributed by atoms with Gasteiger partial charge in [0.25, 0.3) is 0 Å². The van der Waals surface area contributed by atoms with Crippen molar-refractivity contribution in [1.82, 2.24) is 15.5 Å². The van der Waals surface area contributed by atoms with Gasteiger partial charge in [-0.25, -0.2) is 0 Å². The molecule has 112 valence electrons. The third kappa shape index (κ3) is 2.41. The van der Waals surface area contributed by atoms with Gasteiger partial charge in [0.15, 0.2) is 0 Å². The summed E-state index contributed by atoms with van der Waals surface area (Å²) in [6.07, 6.45) is 6.21. The van der Waals surface area contributed by atoms with E-state index in [2.05, 4.69) is 15.5 Å². The average molecular weight is 304 g/mol. The average Bonchev–Trinajstić information content (AvgIpc) is 3.27. The van der Waals surface area contributed by atoms with Crippen LogP contribution in [0, 0.1) is 5.92 Å². The molecular formula is C15H20N4OS. The number of fused-ring (bicyclic) bond motifs is 3. The molecule has 5 nitrogen and oxygen atoms in total. The van der Waals surface area contributed by atoms with Crippen LogP contribution in [0.4, 0.5) is 5.69 Å². The number of nitrogen functional groups attached to an aromatic ring is 1. The highest BCUT2D eigenvalue weighted by Crippen LogP contribution is 2.40. The van der Waals surface area contributed by atoms with Crippen LogP contribution in [-0.4, -0.2) is 21.8 Å². The molecule has 1 atom stereocenters. The lowest BCUT2D eigenvalue weighted by Crippen LogP contribution is -2.23. The third-order valence-electron chi connectivity index (χ3n) is 4.50. The van der Waals surface area contributed by atoms with Crippen LogP contribution >= 0.6 is 11.3 Å². The molecule has 0 aromatic carbocycles. The normalized spacial score (nSPS) is 19.7. The summed E-state index contributed by atoms with van der Waals surface area (Å²) >= 11 is 1.47. The second-order valence-corrected chi connectivity index (χ2v) is 7.18. The molecule has 2 aliphatic rings. The van der Waals surface area contributed by atoms with Gasteiger partial charge in [0, 0.05) is 11.9 Å². The molecule has 0 aliphatic heterocycles. The summed E-state index contributed by atoms with van der Waals surface area (Å²) in [6.45, 7) is 0.860. The molecule has 6 heteroatoms. The Bertz CT molecular complexity index is 680. The number of hydrogen-bond donors (Lipinski definition) is 3. The maximum absolute atomic E-state index is 10.4. The highest BCUT2D eigenvalue weighted by atomic mass is 32.1. The molecule has 2 aromatic heterocycles. The standard InChI is InChI=1S/C15H20N4OS/c16-12-11-9-3-1-2-4-10(9)18-19-15(11)21-13(12)14(20)17-7-8-5-6-8/h8,14,17,20H,1-7,16H2. The fourth-order valence-electron chi connectivity index (χ4n) is 3.08. The fourth-order valence-corrected chi connectivity index (χ4v) is 4.11. The molecule has 2 aromatic rings. The number of aryl methyl sites for hydroxylation is 2. The molecule has 2 aliphatic carbocycles. The minimum Gasteiger partial charge on any atom is -0.397 e. The van der Waals surface area contributed by atoms with Crippen LogP contribution in [0.1, 0.15) is 48.0 Å². The molecule has 0 bridgehead atoms. The Hall–Kier alpha value is -1.24. The molecule has 2 heterocycles. The third-order valence-corrected chi connectivity index (χ3v) is 5.64. The first-order valence-corrected chi connectivity index (χ1v) is 8.53. The first-order valence-electron chi connectivity index (χ1n) is 7.72. The van der Waals surface area contributed by atoms with E-state index in [4.69, 9.17) is 5.73 Å². The first kappa shape index (κ1) is 13.4. The van der Waals surface area contributed by atoms with E-state index in [1.165, 1.54) is 42.6 Å². The number of nitrogens with one attached hydrogen (secondary N) is 1. The number of thiophene rings is 1. The summed E-state index contributed by atoms with van der Waals surface area (Å²) in [7, 11) is 0. The van der Waals surface area contributed by atoms with Gasteiger partial charge in [-0.2, -0.15) is 5.10 Å². The summed E-state index contributed by atoms with van der Waals surface area (Å²) in [5, 5.41) is 23.2. The number of nitrogens with zero attached hydrogens (tertiary/aromatic N) is 2. The summed E-state index contributed by atoms with van der Waals surface area (Å²) in [5.41, 5.74) is 9.36.